The summed E-state index contributed by atoms with van der Waals surface area (Å²) in [5.41, 5.74) is 1.93. The molecule has 0 spiro atoms. The maximum absolute atomic E-state index is 13.1. The van der Waals surface area contributed by atoms with Gasteiger partial charge in [0.2, 0.25) is 0 Å². The number of alkyl halides is 2. The van der Waals surface area contributed by atoms with Gasteiger partial charge in [-0.1, -0.05) is 0 Å². The molecule has 0 saturated carbocycles. The van der Waals surface area contributed by atoms with E-state index in [1.807, 2.05) is 0 Å². The van der Waals surface area contributed by atoms with Crippen molar-refractivity contribution in [1.82, 2.24) is 0 Å². The fourth-order valence-corrected chi connectivity index (χ4v) is 1.96. The first-order valence-electron chi connectivity index (χ1n) is 5.72. The van der Waals surface area contributed by atoms with Gasteiger partial charge < -0.3 is 9.84 Å². The van der Waals surface area contributed by atoms with E-state index < -0.39 is 19.1 Å². The smallest absolute Gasteiger partial charge is 0.261 e. The monoisotopic (exact) mass is 262 g/mol. The van der Waals surface area contributed by atoms with Gasteiger partial charge in [-0.25, -0.2) is 13.2 Å². The molecule has 1 N–H and O–H groups in total. The Labute approximate surface area is 104 Å². The SMILES string of the molecule is Cc1cc(F)cc(C)c1C(O)CCOCC(F)F. The van der Waals surface area contributed by atoms with Crippen LogP contribution in [0.3, 0.4) is 0 Å². The zero-order valence-electron chi connectivity index (χ0n) is 10.4. The maximum atomic E-state index is 13.1. The second kappa shape index (κ2) is 6.75. The maximum Gasteiger partial charge on any atom is 0.261 e. The summed E-state index contributed by atoms with van der Waals surface area (Å²) in [5, 5.41) is 9.95. The molecule has 5 heteroatoms. The normalized spacial score (nSPS) is 13.1. The van der Waals surface area contributed by atoms with Crippen molar-refractivity contribution in [3.8, 4) is 0 Å². The predicted octanol–water partition coefficient (Wildman–Crippen LogP) is 3.15. The average molecular weight is 262 g/mol. The number of aliphatic hydroxyl groups excluding tert-OH is 1. The van der Waals surface area contributed by atoms with E-state index in [0.29, 0.717) is 16.7 Å². The summed E-state index contributed by atoms with van der Waals surface area (Å²) in [6, 6.07) is 2.68. The number of hydrogen-bond donors (Lipinski definition) is 1. The minimum Gasteiger partial charge on any atom is -0.388 e. The van der Waals surface area contributed by atoms with Crippen LogP contribution in [0.25, 0.3) is 0 Å². The van der Waals surface area contributed by atoms with Crippen LogP contribution in [0.4, 0.5) is 13.2 Å². The largest absolute Gasteiger partial charge is 0.388 e. The third kappa shape index (κ3) is 4.31. The number of aliphatic hydroxyl groups is 1. The molecule has 1 rings (SSSR count). The highest BCUT2D eigenvalue weighted by Crippen LogP contribution is 2.25. The number of aryl methyl sites for hydroxylation is 2. The lowest BCUT2D eigenvalue weighted by Gasteiger charge is -2.16. The summed E-state index contributed by atoms with van der Waals surface area (Å²) in [7, 11) is 0. The number of hydrogen-bond acceptors (Lipinski definition) is 2. The topological polar surface area (TPSA) is 29.5 Å². The van der Waals surface area contributed by atoms with Gasteiger partial charge in [0.05, 0.1) is 6.10 Å². The average Bonchev–Trinajstić information content (AvgIpc) is 2.22. The highest BCUT2D eigenvalue weighted by Gasteiger charge is 2.14. The van der Waals surface area contributed by atoms with Crippen molar-refractivity contribution in [3.63, 3.8) is 0 Å². The van der Waals surface area contributed by atoms with Crippen LogP contribution in [-0.2, 0) is 4.74 Å². The Balaban J connectivity index is 2.59. The minimum absolute atomic E-state index is 0.0434. The summed E-state index contributed by atoms with van der Waals surface area (Å²) in [5.74, 6) is -0.352. The van der Waals surface area contributed by atoms with Crippen LogP contribution in [-0.4, -0.2) is 24.7 Å². The van der Waals surface area contributed by atoms with E-state index >= 15 is 0 Å². The third-order valence-electron chi connectivity index (χ3n) is 2.67. The molecule has 0 fully saturated rings. The second-order valence-corrected chi connectivity index (χ2v) is 4.22. The van der Waals surface area contributed by atoms with E-state index in [2.05, 4.69) is 0 Å². The molecule has 0 bridgehead atoms. The van der Waals surface area contributed by atoms with Gasteiger partial charge in [-0.05, 0) is 42.7 Å². The van der Waals surface area contributed by atoms with Crippen LogP contribution in [0.15, 0.2) is 12.1 Å². The Hall–Kier alpha value is -1.07. The van der Waals surface area contributed by atoms with Gasteiger partial charge in [0, 0.05) is 13.0 Å². The van der Waals surface area contributed by atoms with Crippen LogP contribution in [0, 0.1) is 19.7 Å². The van der Waals surface area contributed by atoms with E-state index in [1.54, 1.807) is 13.8 Å². The summed E-state index contributed by atoms with van der Waals surface area (Å²) in [6.45, 7) is 2.82. The Bertz CT molecular complexity index is 371. The molecule has 1 aromatic carbocycles. The molecule has 0 aliphatic heterocycles. The van der Waals surface area contributed by atoms with Gasteiger partial charge in [-0.15, -0.1) is 0 Å². The van der Waals surface area contributed by atoms with Crippen LogP contribution in [0.1, 0.15) is 29.2 Å². The van der Waals surface area contributed by atoms with Gasteiger partial charge in [0.1, 0.15) is 12.4 Å². The molecule has 0 radical (unpaired) electrons. The zero-order chi connectivity index (χ0) is 13.7. The molecule has 18 heavy (non-hydrogen) atoms. The molecule has 1 unspecified atom stereocenters. The molecule has 0 aliphatic rings. The summed E-state index contributed by atoms with van der Waals surface area (Å²) < 4.78 is 41.4. The van der Waals surface area contributed by atoms with E-state index in [-0.39, 0.29) is 18.8 Å². The molecule has 0 heterocycles. The standard InChI is InChI=1S/C13H17F3O2/c1-8-5-10(14)6-9(2)13(8)11(17)3-4-18-7-12(15)16/h5-6,11-12,17H,3-4,7H2,1-2H3. The first-order valence-corrected chi connectivity index (χ1v) is 5.72. The van der Waals surface area contributed by atoms with E-state index in [4.69, 9.17) is 4.74 Å². The summed E-state index contributed by atoms with van der Waals surface area (Å²) in [4.78, 5) is 0. The number of rotatable bonds is 6. The fraction of sp³-hybridized carbons (Fsp3) is 0.538. The first kappa shape index (κ1) is 15.0. The fourth-order valence-electron chi connectivity index (χ4n) is 1.96. The third-order valence-corrected chi connectivity index (χ3v) is 2.67. The second-order valence-electron chi connectivity index (χ2n) is 4.22. The molecule has 0 saturated heterocycles. The number of halogens is 3. The molecule has 2 nitrogen and oxygen atoms in total. The lowest BCUT2D eigenvalue weighted by molar-refractivity contribution is 0.00469. The Morgan fingerprint density at radius 2 is 1.78 bits per heavy atom. The molecule has 0 aliphatic carbocycles. The number of ether oxygens (including phenoxy) is 1. The predicted molar refractivity (Wildman–Crippen MR) is 62.3 cm³/mol. The van der Waals surface area contributed by atoms with Crippen LogP contribution < -0.4 is 0 Å². The number of benzene rings is 1. The molecule has 0 amide bonds. The van der Waals surface area contributed by atoms with E-state index in [0.717, 1.165) is 0 Å². The molecule has 1 aromatic rings. The molecule has 0 aromatic heterocycles. The summed E-state index contributed by atoms with van der Waals surface area (Å²) >= 11 is 0. The van der Waals surface area contributed by atoms with Gasteiger partial charge in [-0.2, -0.15) is 0 Å². The van der Waals surface area contributed by atoms with Crippen molar-refractivity contribution in [3.05, 3.63) is 34.6 Å². The molecule has 1 atom stereocenters. The van der Waals surface area contributed by atoms with Crippen molar-refractivity contribution < 1.29 is 23.0 Å². The Morgan fingerprint density at radius 3 is 2.28 bits per heavy atom. The Morgan fingerprint density at radius 1 is 1.22 bits per heavy atom. The first-order chi connectivity index (χ1) is 8.41. The lowest BCUT2D eigenvalue weighted by Crippen LogP contribution is -2.10. The molecular formula is C13H17F3O2. The molecular weight excluding hydrogens is 245 g/mol. The quantitative estimate of drug-likeness (QED) is 0.798. The van der Waals surface area contributed by atoms with Crippen LogP contribution in [0.5, 0.6) is 0 Å². The van der Waals surface area contributed by atoms with Crippen LogP contribution in [0.2, 0.25) is 0 Å². The minimum atomic E-state index is -2.50. The van der Waals surface area contributed by atoms with Gasteiger partial charge >= 0.3 is 0 Å². The van der Waals surface area contributed by atoms with Crippen molar-refractivity contribution in [2.75, 3.05) is 13.2 Å². The van der Waals surface area contributed by atoms with Crippen LogP contribution >= 0.6 is 0 Å². The van der Waals surface area contributed by atoms with Crippen molar-refractivity contribution in [2.24, 2.45) is 0 Å². The lowest BCUT2D eigenvalue weighted by atomic mass is 9.96. The van der Waals surface area contributed by atoms with E-state index in [9.17, 15) is 18.3 Å². The Kier molecular flexibility index (Phi) is 5.62. The van der Waals surface area contributed by atoms with Gasteiger partial charge in [0.25, 0.3) is 6.43 Å². The van der Waals surface area contributed by atoms with Crippen molar-refractivity contribution in [2.45, 2.75) is 32.8 Å². The van der Waals surface area contributed by atoms with Crippen molar-refractivity contribution in [1.29, 1.82) is 0 Å². The van der Waals surface area contributed by atoms with E-state index in [1.165, 1.54) is 12.1 Å². The zero-order valence-corrected chi connectivity index (χ0v) is 10.4. The van der Waals surface area contributed by atoms with Gasteiger partial charge in [0.15, 0.2) is 0 Å². The van der Waals surface area contributed by atoms with Gasteiger partial charge in [-0.3, -0.25) is 0 Å². The van der Waals surface area contributed by atoms with Crippen molar-refractivity contribution >= 4 is 0 Å². The summed E-state index contributed by atoms with van der Waals surface area (Å²) in [6.07, 6.45) is -3.13. The highest BCUT2D eigenvalue weighted by molar-refractivity contribution is 5.35. The highest BCUT2D eigenvalue weighted by atomic mass is 19.3. The molecule has 102 valence electrons.